The van der Waals surface area contributed by atoms with Gasteiger partial charge in [0.25, 0.3) is 0 Å². The van der Waals surface area contributed by atoms with E-state index in [4.69, 9.17) is 0 Å². The van der Waals surface area contributed by atoms with Gasteiger partial charge in [0.1, 0.15) is 0 Å². The topological polar surface area (TPSA) is 68.0 Å². The van der Waals surface area contributed by atoms with Crippen LogP contribution in [0.1, 0.15) is 39.5 Å². The predicted molar refractivity (Wildman–Crippen MR) is 62.4 cm³/mol. The molecule has 94 valence electrons. The monoisotopic (exact) mass is 237 g/mol. The standard InChI is InChI=1S/C12H19N3O2/c1-9(2)10-3-5-12(6-4-10,11(16)17)15-8-7-13-14-15/h7-10H,3-6H2,1-2H3,(H,16,17). The fourth-order valence-electron chi connectivity index (χ4n) is 2.76. The van der Waals surface area contributed by atoms with Gasteiger partial charge in [0, 0.05) is 6.20 Å². The van der Waals surface area contributed by atoms with Gasteiger partial charge in [0.2, 0.25) is 0 Å². The van der Waals surface area contributed by atoms with E-state index in [0.29, 0.717) is 24.7 Å². The Bertz CT molecular complexity index is 378. The highest BCUT2D eigenvalue weighted by atomic mass is 16.4. The van der Waals surface area contributed by atoms with E-state index in [-0.39, 0.29) is 0 Å². The van der Waals surface area contributed by atoms with Crippen LogP contribution in [0, 0.1) is 11.8 Å². The van der Waals surface area contributed by atoms with Crippen LogP contribution in [0.25, 0.3) is 0 Å². The lowest BCUT2D eigenvalue weighted by molar-refractivity contribution is -0.151. The highest BCUT2D eigenvalue weighted by molar-refractivity contribution is 5.76. The van der Waals surface area contributed by atoms with Crippen LogP contribution in [0.5, 0.6) is 0 Å². The van der Waals surface area contributed by atoms with Gasteiger partial charge >= 0.3 is 5.97 Å². The van der Waals surface area contributed by atoms with Crippen molar-refractivity contribution >= 4 is 5.97 Å². The molecule has 0 radical (unpaired) electrons. The van der Waals surface area contributed by atoms with Crippen molar-refractivity contribution in [1.29, 1.82) is 0 Å². The number of carbonyl (C=O) groups is 1. The first-order chi connectivity index (χ1) is 8.06. The van der Waals surface area contributed by atoms with Crippen molar-refractivity contribution in [3.63, 3.8) is 0 Å². The molecule has 17 heavy (non-hydrogen) atoms. The maximum absolute atomic E-state index is 11.6. The van der Waals surface area contributed by atoms with Gasteiger partial charge in [-0.05, 0) is 37.5 Å². The van der Waals surface area contributed by atoms with Crippen molar-refractivity contribution < 1.29 is 9.90 Å². The minimum Gasteiger partial charge on any atom is -0.479 e. The second-order valence-electron chi connectivity index (χ2n) is 5.27. The molecule has 0 aromatic carbocycles. The molecule has 1 aliphatic rings. The van der Waals surface area contributed by atoms with Crippen LogP contribution < -0.4 is 0 Å². The number of nitrogens with zero attached hydrogens (tertiary/aromatic N) is 3. The molecule has 0 aliphatic heterocycles. The molecule has 0 unspecified atom stereocenters. The number of hydrogen-bond acceptors (Lipinski definition) is 3. The molecule has 1 aliphatic carbocycles. The molecule has 0 saturated heterocycles. The average molecular weight is 237 g/mol. The van der Waals surface area contributed by atoms with Crippen molar-refractivity contribution in [3.05, 3.63) is 12.4 Å². The van der Waals surface area contributed by atoms with E-state index in [9.17, 15) is 9.90 Å². The van der Waals surface area contributed by atoms with Gasteiger partial charge in [-0.2, -0.15) is 0 Å². The minimum atomic E-state index is -0.873. The maximum atomic E-state index is 11.6. The molecule has 1 heterocycles. The highest BCUT2D eigenvalue weighted by Gasteiger charge is 2.44. The summed E-state index contributed by atoms with van der Waals surface area (Å²) < 4.78 is 1.52. The van der Waals surface area contributed by atoms with E-state index < -0.39 is 11.5 Å². The molecule has 1 fully saturated rings. The highest BCUT2D eigenvalue weighted by Crippen LogP contribution is 2.40. The number of carboxylic acids is 1. The molecular formula is C12H19N3O2. The van der Waals surface area contributed by atoms with Crippen LogP contribution in [0.2, 0.25) is 0 Å². The number of aliphatic carboxylic acids is 1. The number of rotatable bonds is 3. The fourth-order valence-corrected chi connectivity index (χ4v) is 2.76. The molecule has 0 spiro atoms. The Morgan fingerprint density at radius 3 is 2.53 bits per heavy atom. The number of hydrogen-bond donors (Lipinski definition) is 1. The molecule has 2 rings (SSSR count). The molecule has 0 amide bonds. The Kier molecular flexibility index (Phi) is 3.17. The Labute approximate surface area is 101 Å². The minimum absolute atomic E-state index is 0.623. The predicted octanol–water partition coefficient (Wildman–Crippen LogP) is 1.90. The van der Waals surface area contributed by atoms with Gasteiger partial charge in [-0.25, -0.2) is 9.48 Å². The number of carboxylic acid groups (broad SMARTS) is 1. The molecule has 1 N–H and O–H groups in total. The molecular weight excluding hydrogens is 218 g/mol. The van der Waals surface area contributed by atoms with Gasteiger partial charge in [-0.15, -0.1) is 5.10 Å². The zero-order chi connectivity index (χ0) is 12.5. The Balaban J connectivity index is 2.20. The van der Waals surface area contributed by atoms with Crippen LogP contribution in [0.3, 0.4) is 0 Å². The van der Waals surface area contributed by atoms with E-state index in [1.54, 1.807) is 12.4 Å². The summed E-state index contributed by atoms with van der Waals surface area (Å²) in [7, 11) is 0. The van der Waals surface area contributed by atoms with E-state index in [1.807, 2.05) is 0 Å². The van der Waals surface area contributed by atoms with Gasteiger partial charge in [0.15, 0.2) is 5.54 Å². The van der Waals surface area contributed by atoms with Crippen molar-refractivity contribution in [2.24, 2.45) is 11.8 Å². The normalized spacial score (nSPS) is 29.5. The Morgan fingerprint density at radius 1 is 1.47 bits per heavy atom. The average Bonchev–Trinajstić information content (AvgIpc) is 2.82. The van der Waals surface area contributed by atoms with Gasteiger partial charge < -0.3 is 5.11 Å². The summed E-state index contributed by atoms with van der Waals surface area (Å²) in [4.78, 5) is 11.6. The lowest BCUT2D eigenvalue weighted by atomic mass is 9.73. The van der Waals surface area contributed by atoms with Crippen molar-refractivity contribution in [2.45, 2.75) is 45.1 Å². The van der Waals surface area contributed by atoms with Crippen LogP contribution in [-0.2, 0) is 10.3 Å². The van der Waals surface area contributed by atoms with Crippen molar-refractivity contribution in [3.8, 4) is 0 Å². The fraction of sp³-hybridized carbons (Fsp3) is 0.750. The second kappa shape index (κ2) is 4.47. The van der Waals surface area contributed by atoms with Gasteiger partial charge in [-0.1, -0.05) is 19.1 Å². The summed E-state index contributed by atoms with van der Waals surface area (Å²) in [6.07, 6.45) is 6.39. The van der Waals surface area contributed by atoms with E-state index in [0.717, 1.165) is 12.8 Å². The summed E-state index contributed by atoms with van der Waals surface area (Å²) >= 11 is 0. The Hall–Kier alpha value is -1.39. The molecule has 1 aromatic rings. The molecule has 1 aromatic heterocycles. The SMILES string of the molecule is CC(C)C1CCC(C(=O)O)(n2ccnn2)CC1. The molecule has 1 saturated carbocycles. The van der Waals surface area contributed by atoms with Crippen molar-refractivity contribution in [1.82, 2.24) is 15.0 Å². The molecule has 5 heteroatoms. The van der Waals surface area contributed by atoms with E-state index in [1.165, 1.54) is 4.68 Å². The first-order valence-corrected chi connectivity index (χ1v) is 6.16. The summed E-state index contributed by atoms with van der Waals surface area (Å²) in [6.45, 7) is 4.40. The van der Waals surface area contributed by atoms with Gasteiger partial charge in [0.05, 0.1) is 6.20 Å². The molecule has 5 nitrogen and oxygen atoms in total. The quantitative estimate of drug-likeness (QED) is 0.871. The summed E-state index contributed by atoms with van der Waals surface area (Å²) in [5, 5.41) is 17.1. The van der Waals surface area contributed by atoms with Crippen molar-refractivity contribution in [2.75, 3.05) is 0 Å². The largest absolute Gasteiger partial charge is 0.479 e. The lowest BCUT2D eigenvalue weighted by Gasteiger charge is -2.37. The zero-order valence-electron chi connectivity index (χ0n) is 10.3. The van der Waals surface area contributed by atoms with E-state index >= 15 is 0 Å². The first kappa shape index (κ1) is 12.1. The number of aromatic nitrogens is 3. The molecule has 0 bridgehead atoms. The zero-order valence-corrected chi connectivity index (χ0v) is 10.3. The summed E-state index contributed by atoms with van der Waals surface area (Å²) in [5.74, 6) is 0.466. The third-order valence-corrected chi connectivity index (χ3v) is 4.06. The lowest BCUT2D eigenvalue weighted by Crippen LogP contribution is -2.45. The molecule has 0 atom stereocenters. The summed E-state index contributed by atoms with van der Waals surface area (Å²) in [6, 6.07) is 0. The van der Waals surface area contributed by atoms with Crippen LogP contribution in [0.15, 0.2) is 12.4 Å². The smallest absolute Gasteiger partial charge is 0.331 e. The van der Waals surface area contributed by atoms with Crippen LogP contribution >= 0.6 is 0 Å². The third kappa shape index (κ3) is 2.06. The summed E-state index contributed by atoms with van der Waals surface area (Å²) in [5.41, 5.74) is -0.873. The maximum Gasteiger partial charge on any atom is 0.331 e. The van der Waals surface area contributed by atoms with Crippen LogP contribution in [-0.4, -0.2) is 26.1 Å². The van der Waals surface area contributed by atoms with Crippen LogP contribution in [0.4, 0.5) is 0 Å². The second-order valence-corrected chi connectivity index (χ2v) is 5.27. The van der Waals surface area contributed by atoms with E-state index in [2.05, 4.69) is 24.2 Å². The third-order valence-electron chi connectivity index (χ3n) is 4.06. The van der Waals surface area contributed by atoms with Gasteiger partial charge in [-0.3, -0.25) is 0 Å². The first-order valence-electron chi connectivity index (χ1n) is 6.16. The Morgan fingerprint density at radius 2 is 2.12 bits per heavy atom.